The third-order valence-corrected chi connectivity index (χ3v) is 5.65. The van der Waals surface area contributed by atoms with Gasteiger partial charge in [0, 0.05) is 25.7 Å². The number of nitrogens with two attached hydrogens (primary N) is 1. The SMILES string of the molecule is NCCCOC1CCN(C2CCS(=O)(=O)C2)CC1. The zero-order chi connectivity index (χ0) is 13.0. The Morgan fingerprint density at radius 2 is 1.94 bits per heavy atom. The average Bonchev–Trinajstić information content (AvgIpc) is 2.71. The predicted octanol–water partition coefficient (Wildman–Crippen LogP) is 0.00330. The van der Waals surface area contributed by atoms with Crippen LogP contribution in [0.4, 0.5) is 0 Å². The smallest absolute Gasteiger partial charge is 0.151 e. The zero-order valence-corrected chi connectivity index (χ0v) is 11.7. The first-order valence-corrected chi connectivity index (χ1v) is 8.69. The monoisotopic (exact) mass is 276 g/mol. The second-order valence-corrected chi connectivity index (χ2v) is 7.53. The molecule has 0 aromatic rings. The Hall–Kier alpha value is -0.170. The van der Waals surface area contributed by atoms with Crippen molar-refractivity contribution in [2.45, 2.75) is 37.8 Å². The molecule has 2 rings (SSSR count). The molecule has 2 fully saturated rings. The lowest BCUT2D eigenvalue weighted by atomic mass is 10.1. The van der Waals surface area contributed by atoms with E-state index in [0.717, 1.165) is 45.4 Å². The van der Waals surface area contributed by atoms with Gasteiger partial charge in [-0.3, -0.25) is 4.90 Å². The molecule has 6 heteroatoms. The molecule has 0 saturated carbocycles. The fraction of sp³-hybridized carbons (Fsp3) is 1.00. The van der Waals surface area contributed by atoms with E-state index in [4.69, 9.17) is 10.5 Å². The Bertz CT molecular complexity index is 350. The van der Waals surface area contributed by atoms with E-state index in [0.29, 0.717) is 24.2 Å². The van der Waals surface area contributed by atoms with E-state index in [1.807, 2.05) is 0 Å². The molecule has 18 heavy (non-hydrogen) atoms. The maximum absolute atomic E-state index is 11.5. The van der Waals surface area contributed by atoms with Crippen LogP contribution in [0.15, 0.2) is 0 Å². The van der Waals surface area contributed by atoms with Gasteiger partial charge in [-0.1, -0.05) is 0 Å². The molecule has 1 atom stereocenters. The molecule has 0 aliphatic carbocycles. The molecule has 0 radical (unpaired) electrons. The van der Waals surface area contributed by atoms with Crippen LogP contribution >= 0.6 is 0 Å². The van der Waals surface area contributed by atoms with Crippen molar-refractivity contribution < 1.29 is 13.2 Å². The average molecular weight is 276 g/mol. The number of hydrogen-bond acceptors (Lipinski definition) is 5. The molecule has 2 N–H and O–H groups in total. The van der Waals surface area contributed by atoms with Crippen LogP contribution in [0.25, 0.3) is 0 Å². The van der Waals surface area contributed by atoms with Crippen molar-refractivity contribution in [1.29, 1.82) is 0 Å². The normalized spacial score (nSPS) is 29.7. The van der Waals surface area contributed by atoms with Crippen molar-refractivity contribution >= 4 is 9.84 Å². The highest BCUT2D eigenvalue weighted by molar-refractivity contribution is 7.91. The highest BCUT2D eigenvalue weighted by Crippen LogP contribution is 2.22. The lowest BCUT2D eigenvalue weighted by molar-refractivity contribution is 0.000197. The Labute approximate surface area is 110 Å². The second kappa shape index (κ2) is 6.32. The van der Waals surface area contributed by atoms with Crippen LogP contribution in [0.1, 0.15) is 25.7 Å². The fourth-order valence-electron chi connectivity index (χ4n) is 2.80. The summed E-state index contributed by atoms with van der Waals surface area (Å²) in [6.07, 6.45) is 4.09. The molecule has 0 spiro atoms. The summed E-state index contributed by atoms with van der Waals surface area (Å²) in [7, 11) is -2.76. The molecule has 0 aromatic heterocycles. The van der Waals surface area contributed by atoms with E-state index < -0.39 is 9.84 Å². The van der Waals surface area contributed by atoms with Gasteiger partial charge in [0.1, 0.15) is 0 Å². The lowest BCUT2D eigenvalue weighted by Gasteiger charge is -2.35. The van der Waals surface area contributed by atoms with Crippen LogP contribution in [0, 0.1) is 0 Å². The molecular weight excluding hydrogens is 252 g/mol. The summed E-state index contributed by atoms with van der Waals surface area (Å²) in [6, 6.07) is 0.250. The highest BCUT2D eigenvalue weighted by Gasteiger charge is 2.34. The highest BCUT2D eigenvalue weighted by atomic mass is 32.2. The van der Waals surface area contributed by atoms with Crippen molar-refractivity contribution in [2.24, 2.45) is 5.73 Å². The van der Waals surface area contributed by atoms with E-state index >= 15 is 0 Å². The van der Waals surface area contributed by atoms with Gasteiger partial charge in [0.15, 0.2) is 9.84 Å². The number of nitrogens with zero attached hydrogens (tertiary/aromatic N) is 1. The molecular formula is C12H24N2O3S. The Morgan fingerprint density at radius 1 is 1.22 bits per heavy atom. The van der Waals surface area contributed by atoms with E-state index in [1.54, 1.807) is 0 Å². The summed E-state index contributed by atoms with van der Waals surface area (Å²) in [5.41, 5.74) is 5.43. The topological polar surface area (TPSA) is 72.6 Å². The minimum atomic E-state index is -2.76. The maximum Gasteiger partial charge on any atom is 0.151 e. The Morgan fingerprint density at radius 3 is 2.50 bits per heavy atom. The van der Waals surface area contributed by atoms with Crippen molar-refractivity contribution in [3.63, 3.8) is 0 Å². The van der Waals surface area contributed by atoms with Crippen molar-refractivity contribution in [1.82, 2.24) is 4.90 Å². The molecule has 0 amide bonds. The first-order valence-electron chi connectivity index (χ1n) is 6.87. The number of likely N-dealkylation sites (tertiary alicyclic amines) is 1. The summed E-state index contributed by atoms with van der Waals surface area (Å²) < 4.78 is 28.7. The largest absolute Gasteiger partial charge is 0.378 e. The van der Waals surface area contributed by atoms with Crippen LogP contribution < -0.4 is 5.73 Å². The van der Waals surface area contributed by atoms with Crippen molar-refractivity contribution in [3.8, 4) is 0 Å². The molecule has 106 valence electrons. The molecule has 1 unspecified atom stereocenters. The van der Waals surface area contributed by atoms with Gasteiger partial charge in [0.2, 0.25) is 0 Å². The van der Waals surface area contributed by atoms with Crippen LogP contribution in [0.3, 0.4) is 0 Å². The van der Waals surface area contributed by atoms with Crippen LogP contribution in [-0.4, -0.2) is 63.2 Å². The molecule has 2 saturated heterocycles. The summed E-state index contributed by atoms with van der Waals surface area (Å²) in [5.74, 6) is 0.719. The minimum absolute atomic E-state index is 0.250. The number of hydrogen-bond donors (Lipinski definition) is 1. The first kappa shape index (κ1) is 14.2. The maximum atomic E-state index is 11.5. The van der Waals surface area contributed by atoms with Gasteiger partial charge in [0.25, 0.3) is 0 Å². The Kier molecular flexibility index (Phi) is 5.00. The van der Waals surface area contributed by atoms with E-state index in [1.165, 1.54) is 0 Å². The van der Waals surface area contributed by atoms with E-state index in [9.17, 15) is 8.42 Å². The van der Waals surface area contributed by atoms with Crippen molar-refractivity contribution in [3.05, 3.63) is 0 Å². The van der Waals surface area contributed by atoms with Crippen molar-refractivity contribution in [2.75, 3.05) is 37.7 Å². The lowest BCUT2D eigenvalue weighted by Crippen LogP contribution is -2.44. The third kappa shape index (κ3) is 3.91. The molecule has 2 aliphatic heterocycles. The second-order valence-electron chi connectivity index (χ2n) is 5.31. The summed E-state index contributed by atoms with van der Waals surface area (Å²) in [5, 5.41) is 0. The molecule has 2 heterocycles. The van der Waals surface area contributed by atoms with Gasteiger partial charge in [0.05, 0.1) is 17.6 Å². The molecule has 0 aromatic carbocycles. The summed E-state index contributed by atoms with van der Waals surface area (Å²) >= 11 is 0. The number of sulfone groups is 1. The number of rotatable bonds is 5. The number of piperidine rings is 1. The van der Waals surface area contributed by atoms with Gasteiger partial charge < -0.3 is 10.5 Å². The van der Waals surface area contributed by atoms with E-state index in [2.05, 4.69) is 4.90 Å². The van der Waals surface area contributed by atoms with Gasteiger partial charge in [-0.2, -0.15) is 0 Å². The fourth-order valence-corrected chi connectivity index (χ4v) is 4.57. The predicted molar refractivity (Wildman–Crippen MR) is 71.3 cm³/mol. The molecule has 0 bridgehead atoms. The number of ether oxygens (including phenoxy) is 1. The first-order chi connectivity index (χ1) is 8.61. The van der Waals surface area contributed by atoms with Gasteiger partial charge in [-0.25, -0.2) is 8.42 Å². The molecule has 5 nitrogen and oxygen atoms in total. The van der Waals surface area contributed by atoms with Gasteiger partial charge >= 0.3 is 0 Å². The van der Waals surface area contributed by atoms with Gasteiger partial charge in [-0.05, 0) is 32.2 Å². The van der Waals surface area contributed by atoms with Crippen LogP contribution in [0.2, 0.25) is 0 Å². The van der Waals surface area contributed by atoms with Crippen LogP contribution in [0.5, 0.6) is 0 Å². The Balaban J connectivity index is 1.70. The summed E-state index contributed by atoms with van der Waals surface area (Å²) in [4.78, 5) is 2.33. The quantitative estimate of drug-likeness (QED) is 0.716. The third-order valence-electron chi connectivity index (χ3n) is 3.90. The standard InChI is InChI=1S/C12H24N2O3S/c13-5-1-8-17-12-2-6-14(7-3-12)11-4-9-18(15,16)10-11/h11-12H,1-10,13H2. The molecule has 2 aliphatic rings. The van der Waals surface area contributed by atoms with E-state index in [-0.39, 0.29) is 6.04 Å². The van der Waals surface area contributed by atoms with Crippen LogP contribution in [-0.2, 0) is 14.6 Å². The summed E-state index contributed by atoms with van der Waals surface area (Å²) in [6.45, 7) is 3.36. The zero-order valence-electron chi connectivity index (χ0n) is 10.9. The van der Waals surface area contributed by atoms with Gasteiger partial charge in [-0.15, -0.1) is 0 Å². The minimum Gasteiger partial charge on any atom is -0.378 e.